The minimum Gasteiger partial charge on any atom is -0.396 e. The van der Waals surface area contributed by atoms with Gasteiger partial charge >= 0.3 is 0 Å². The maximum absolute atomic E-state index is 8.78. The second-order valence-corrected chi connectivity index (χ2v) is 2.79. The number of nitrogens with zero attached hydrogens (tertiary/aromatic N) is 1. The highest BCUT2D eigenvalue weighted by Gasteiger charge is 2.18. The first-order valence-corrected chi connectivity index (χ1v) is 4.08. The smallest absolute Gasteiger partial charge is 0.0736 e. The van der Waals surface area contributed by atoms with Crippen molar-refractivity contribution < 1.29 is 9.84 Å². The molecule has 0 fully saturated rings. The van der Waals surface area contributed by atoms with E-state index in [-0.39, 0.29) is 18.6 Å². The number of rotatable bonds is 4. The van der Waals surface area contributed by atoms with Gasteiger partial charge in [0.05, 0.1) is 19.3 Å². The SMILES string of the molecule is CCOCC1CC(CO)C=N1. The summed E-state index contributed by atoms with van der Waals surface area (Å²) in [4.78, 5) is 4.22. The quantitative estimate of drug-likeness (QED) is 0.644. The van der Waals surface area contributed by atoms with E-state index in [2.05, 4.69) is 4.99 Å². The lowest BCUT2D eigenvalue weighted by Gasteiger charge is -2.07. The zero-order valence-corrected chi connectivity index (χ0v) is 6.86. The van der Waals surface area contributed by atoms with Gasteiger partial charge in [-0.25, -0.2) is 0 Å². The van der Waals surface area contributed by atoms with Crippen molar-refractivity contribution in [3.05, 3.63) is 0 Å². The van der Waals surface area contributed by atoms with Crippen molar-refractivity contribution >= 4 is 6.21 Å². The fourth-order valence-electron chi connectivity index (χ4n) is 1.20. The zero-order valence-electron chi connectivity index (χ0n) is 6.86. The third-order valence-electron chi connectivity index (χ3n) is 1.83. The first-order chi connectivity index (χ1) is 5.36. The Balaban J connectivity index is 2.15. The molecule has 0 radical (unpaired) electrons. The van der Waals surface area contributed by atoms with Crippen LogP contribution in [-0.4, -0.2) is 37.2 Å². The fourth-order valence-corrected chi connectivity index (χ4v) is 1.20. The summed E-state index contributed by atoms with van der Waals surface area (Å²) < 4.78 is 5.21. The van der Waals surface area contributed by atoms with Gasteiger partial charge in [0, 0.05) is 18.7 Å². The Hall–Kier alpha value is -0.410. The Morgan fingerprint density at radius 3 is 3.09 bits per heavy atom. The molecule has 64 valence electrons. The van der Waals surface area contributed by atoms with Gasteiger partial charge in [0.1, 0.15) is 0 Å². The molecule has 1 N–H and O–H groups in total. The van der Waals surface area contributed by atoms with Gasteiger partial charge in [-0.1, -0.05) is 0 Å². The molecule has 0 aromatic rings. The van der Waals surface area contributed by atoms with Gasteiger partial charge in [-0.15, -0.1) is 0 Å². The Morgan fingerprint density at radius 2 is 2.55 bits per heavy atom. The number of hydrogen-bond acceptors (Lipinski definition) is 3. The lowest BCUT2D eigenvalue weighted by atomic mass is 10.1. The normalized spacial score (nSPS) is 29.6. The van der Waals surface area contributed by atoms with Gasteiger partial charge in [0.2, 0.25) is 0 Å². The molecule has 2 atom stereocenters. The van der Waals surface area contributed by atoms with Gasteiger partial charge in [0.15, 0.2) is 0 Å². The van der Waals surface area contributed by atoms with Crippen LogP contribution in [0.3, 0.4) is 0 Å². The first-order valence-electron chi connectivity index (χ1n) is 4.08. The Bertz CT molecular complexity index is 136. The standard InChI is InChI=1S/C8H15NO2/c1-2-11-6-8-3-7(5-10)4-9-8/h4,7-8,10H,2-3,5-6H2,1H3. The van der Waals surface area contributed by atoms with Crippen LogP contribution in [0.1, 0.15) is 13.3 Å². The summed E-state index contributed by atoms with van der Waals surface area (Å²) in [5, 5.41) is 8.78. The number of aliphatic hydroxyl groups is 1. The van der Waals surface area contributed by atoms with Crippen molar-refractivity contribution in [2.45, 2.75) is 19.4 Å². The van der Waals surface area contributed by atoms with Gasteiger partial charge in [-0.05, 0) is 13.3 Å². The van der Waals surface area contributed by atoms with Crippen molar-refractivity contribution in [3.8, 4) is 0 Å². The molecule has 1 heterocycles. The molecule has 1 aliphatic heterocycles. The Kier molecular flexibility index (Phi) is 3.52. The predicted molar refractivity (Wildman–Crippen MR) is 44.0 cm³/mol. The van der Waals surface area contributed by atoms with E-state index in [1.807, 2.05) is 13.1 Å². The van der Waals surface area contributed by atoms with Gasteiger partial charge in [-0.3, -0.25) is 4.99 Å². The largest absolute Gasteiger partial charge is 0.396 e. The summed E-state index contributed by atoms with van der Waals surface area (Å²) in [6.07, 6.45) is 2.78. The van der Waals surface area contributed by atoms with Crippen LogP contribution >= 0.6 is 0 Å². The molecular weight excluding hydrogens is 142 g/mol. The van der Waals surface area contributed by atoms with E-state index in [1.54, 1.807) is 0 Å². The summed E-state index contributed by atoms with van der Waals surface area (Å²) in [7, 11) is 0. The van der Waals surface area contributed by atoms with Crippen molar-refractivity contribution in [1.82, 2.24) is 0 Å². The number of hydrogen-bond donors (Lipinski definition) is 1. The predicted octanol–water partition coefficient (Wildman–Crippen LogP) is 0.474. The second-order valence-electron chi connectivity index (χ2n) is 2.79. The molecule has 3 heteroatoms. The summed E-state index contributed by atoms with van der Waals surface area (Å²) in [6.45, 7) is 3.63. The van der Waals surface area contributed by atoms with Crippen LogP contribution in [0.2, 0.25) is 0 Å². The minimum absolute atomic E-state index is 0.214. The molecule has 2 unspecified atom stereocenters. The van der Waals surface area contributed by atoms with Crippen LogP contribution in [0.5, 0.6) is 0 Å². The Morgan fingerprint density at radius 1 is 1.73 bits per heavy atom. The molecular formula is C8H15NO2. The summed E-state index contributed by atoms with van der Waals surface area (Å²) in [5.74, 6) is 0.264. The van der Waals surface area contributed by atoms with E-state index in [0.29, 0.717) is 6.61 Å². The van der Waals surface area contributed by atoms with E-state index >= 15 is 0 Å². The molecule has 1 rings (SSSR count). The third-order valence-corrected chi connectivity index (χ3v) is 1.83. The Labute approximate surface area is 67.1 Å². The topological polar surface area (TPSA) is 41.8 Å². The molecule has 0 aliphatic carbocycles. The van der Waals surface area contributed by atoms with Crippen LogP contribution in [0.15, 0.2) is 4.99 Å². The molecule has 0 aromatic carbocycles. The summed E-state index contributed by atoms with van der Waals surface area (Å²) >= 11 is 0. The zero-order chi connectivity index (χ0) is 8.10. The third kappa shape index (κ3) is 2.60. The molecule has 0 aromatic heterocycles. The lowest BCUT2D eigenvalue weighted by molar-refractivity contribution is 0.129. The fraction of sp³-hybridized carbons (Fsp3) is 0.875. The van der Waals surface area contributed by atoms with Crippen molar-refractivity contribution in [2.24, 2.45) is 10.9 Å². The summed E-state index contributed by atoms with van der Waals surface area (Å²) in [6, 6.07) is 0.284. The maximum atomic E-state index is 8.78. The van der Waals surface area contributed by atoms with E-state index in [9.17, 15) is 0 Å². The van der Waals surface area contributed by atoms with Gasteiger partial charge in [0.25, 0.3) is 0 Å². The molecule has 0 saturated carbocycles. The van der Waals surface area contributed by atoms with Crippen LogP contribution in [0, 0.1) is 5.92 Å². The number of aliphatic imine (C=N–C) groups is 1. The summed E-state index contributed by atoms with van der Waals surface area (Å²) in [5.41, 5.74) is 0. The van der Waals surface area contributed by atoms with Crippen LogP contribution in [0.4, 0.5) is 0 Å². The molecule has 11 heavy (non-hydrogen) atoms. The number of ether oxygens (including phenoxy) is 1. The monoisotopic (exact) mass is 157 g/mol. The van der Waals surface area contributed by atoms with E-state index in [4.69, 9.17) is 9.84 Å². The van der Waals surface area contributed by atoms with E-state index < -0.39 is 0 Å². The van der Waals surface area contributed by atoms with Crippen LogP contribution in [0.25, 0.3) is 0 Å². The van der Waals surface area contributed by atoms with Crippen molar-refractivity contribution in [3.63, 3.8) is 0 Å². The maximum Gasteiger partial charge on any atom is 0.0736 e. The average molecular weight is 157 g/mol. The highest BCUT2D eigenvalue weighted by Crippen LogP contribution is 2.14. The van der Waals surface area contributed by atoms with Crippen molar-refractivity contribution in [1.29, 1.82) is 0 Å². The van der Waals surface area contributed by atoms with E-state index in [0.717, 1.165) is 13.0 Å². The van der Waals surface area contributed by atoms with Crippen molar-refractivity contribution in [2.75, 3.05) is 19.8 Å². The first kappa shape index (κ1) is 8.68. The molecule has 1 aliphatic rings. The lowest BCUT2D eigenvalue weighted by Crippen LogP contribution is -2.13. The minimum atomic E-state index is 0.214. The molecule has 0 bridgehead atoms. The second kappa shape index (κ2) is 4.46. The van der Waals surface area contributed by atoms with E-state index in [1.165, 1.54) is 0 Å². The van der Waals surface area contributed by atoms with Gasteiger partial charge in [-0.2, -0.15) is 0 Å². The molecule has 0 amide bonds. The highest BCUT2D eigenvalue weighted by molar-refractivity contribution is 5.63. The molecule has 0 spiro atoms. The molecule has 0 saturated heterocycles. The molecule has 3 nitrogen and oxygen atoms in total. The van der Waals surface area contributed by atoms with Crippen LogP contribution < -0.4 is 0 Å². The average Bonchev–Trinajstić information content (AvgIpc) is 2.48. The highest BCUT2D eigenvalue weighted by atomic mass is 16.5. The van der Waals surface area contributed by atoms with Gasteiger partial charge < -0.3 is 9.84 Å². The van der Waals surface area contributed by atoms with Crippen LogP contribution in [-0.2, 0) is 4.74 Å². The number of aliphatic hydroxyl groups excluding tert-OH is 1.